The molecule has 3 aromatic carbocycles. The van der Waals surface area contributed by atoms with Crippen LogP contribution in [0, 0.1) is 0 Å². The standard InChI is InChI=1S/C34H36ClN3O4/c1-40-32-22-27-29(23-33(32)41-20-19-37-17-12-26(13-18-37)38-15-5-6-16-38)36-14-11-31(27)42-30-10-9-25(35)21-28(30)34(39)24-7-3-2-4-8-24/h2-4,7-11,14,21-23,26H,5-6,12-13,15-20H2,1H3. The number of rotatable bonds is 10. The van der Waals surface area contributed by atoms with Gasteiger partial charge < -0.3 is 19.1 Å². The minimum atomic E-state index is -0.167. The second kappa shape index (κ2) is 13.1. The molecular formula is C34H36ClN3O4. The molecule has 42 heavy (non-hydrogen) atoms. The van der Waals surface area contributed by atoms with Gasteiger partial charge in [-0.2, -0.15) is 0 Å². The molecule has 0 atom stereocenters. The zero-order valence-corrected chi connectivity index (χ0v) is 24.7. The number of pyridine rings is 1. The molecule has 4 aromatic rings. The monoisotopic (exact) mass is 585 g/mol. The third-order valence-electron chi connectivity index (χ3n) is 8.31. The van der Waals surface area contributed by atoms with Crippen LogP contribution in [-0.4, -0.2) is 73.0 Å². The number of ketones is 1. The van der Waals surface area contributed by atoms with Crippen LogP contribution in [0.3, 0.4) is 0 Å². The third kappa shape index (κ3) is 6.38. The van der Waals surface area contributed by atoms with Gasteiger partial charge in [0.2, 0.25) is 0 Å². The Bertz CT molecular complexity index is 1530. The van der Waals surface area contributed by atoms with Gasteiger partial charge >= 0.3 is 0 Å². The molecule has 2 fully saturated rings. The van der Waals surface area contributed by atoms with E-state index in [1.165, 1.54) is 38.8 Å². The number of aromatic nitrogens is 1. The number of carbonyl (C=O) groups excluding carboxylic acids is 1. The van der Waals surface area contributed by atoms with Crippen LogP contribution in [0.15, 0.2) is 72.9 Å². The van der Waals surface area contributed by atoms with E-state index in [-0.39, 0.29) is 5.78 Å². The van der Waals surface area contributed by atoms with Gasteiger partial charge in [-0.3, -0.25) is 14.7 Å². The van der Waals surface area contributed by atoms with Gasteiger partial charge in [0.25, 0.3) is 0 Å². The van der Waals surface area contributed by atoms with Crippen LogP contribution in [-0.2, 0) is 0 Å². The zero-order valence-electron chi connectivity index (χ0n) is 23.9. The van der Waals surface area contributed by atoms with E-state index in [0.717, 1.165) is 31.1 Å². The number of methoxy groups -OCH3 is 1. The summed E-state index contributed by atoms with van der Waals surface area (Å²) in [7, 11) is 1.63. The van der Waals surface area contributed by atoms with Crippen molar-refractivity contribution in [2.75, 3.05) is 46.4 Å². The van der Waals surface area contributed by atoms with E-state index in [9.17, 15) is 4.79 Å². The number of likely N-dealkylation sites (tertiary alicyclic amines) is 2. The highest BCUT2D eigenvalue weighted by Gasteiger charge is 2.26. The SMILES string of the molecule is COc1cc2c(Oc3ccc(Cl)cc3C(=O)c3ccccc3)ccnc2cc1OCCN1CCC(N2CCCC2)CC1. The lowest BCUT2D eigenvalue weighted by molar-refractivity contribution is 0.103. The molecule has 0 spiro atoms. The van der Waals surface area contributed by atoms with Crippen molar-refractivity contribution >= 4 is 28.3 Å². The quantitative estimate of drug-likeness (QED) is 0.188. The Morgan fingerprint density at radius 1 is 0.905 bits per heavy atom. The highest BCUT2D eigenvalue weighted by Crippen LogP contribution is 2.38. The Morgan fingerprint density at radius 2 is 1.69 bits per heavy atom. The Hall–Kier alpha value is -3.65. The zero-order chi connectivity index (χ0) is 28.9. The first-order chi connectivity index (χ1) is 20.6. The summed E-state index contributed by atoms with van der Waals surface area (Å²) in [6.45, 7) is 6.20. The number of piperidine rings is 1. The maximum atomic E-state index is 13.3. The van der Waals surface area contributed by atoms with Gasteiger partial charge in [-0.25, -0.2) is 0 Å². The van der Waals surface area contributed by atoms with Crippen molar-refractivity contribution in [3.05, 3.63) is 89.1 Å². The first-order valence-corrected chi connectivity index (χ1v) is 15.1. The molecule has 3 heterocycles. The van der Waals surface area contributed by atoms with Crippen molar-refractivity contribution in [2.24, 2.45) is 0 Å². The normalized spacial score (nSPS) is 16.5. The summed E-state index contributed by atoms with van der Waals surface area (Å²) in [5, 5.41) is 1.21. The summed E-state index contributed by atoms with van der Waals surface area (Å²) in [5.74, 6) is 2.04. The fourth-order valence-corrected chi connectivity index (χ4v) is 6.19. The number of benzene rings is 3. The third-order valence-corrected chi connectivity index (χ3v) is 8.54. The second-order valence-electron chi connectivity index (χ2n) is 10.9. The maximum absolute atomic E-state index is 13.3. The molecular weight excluding hydrogens is 550 g/mol. The fourth-order valence-electron chi connectivity index (χ4n) is 6.02. The van der Waals surface area contributed by atoms with Crippen LogP contribution < -0.4 is 14.2 Å². The van der Waals surface area contributed by atoms with Crippen molar-refractivity contribution in [1.29, 1.82) is 0 Å². The van der Waals surface area contributed by atoms with E-state index < -0.39 is 0 Å². The first kappa shape index (κ1) is 28.5. The molecule has 0 aliphatic carbocycles. The number of hydrogen-bond acceptors (Lipinski definition) is 7. The van der Waals surface area contributed by atoms with Crippen molar-refractivity contribution in [3.63, 3.8) is 0 Å². The van der Waals surface area contributed by atoms with E-state index >= 15 is 0 Å². The van der Waals surface area contributed by atoms with E-state index in [1.54, 1.807) is 49.7 Å². The predicted molar refractivity (Wildman–Crippen MR) is 165 cm³/mol. The summed E-state index contributed by atoms with van der Waals surface area (Å²) in [4.78, 5) is 23.0. The molecule has 218 valence electrons. The lowest BCUT2D eigenvalue weighted by Gasteiger charge is -2.36. The molecule has 0 bridgehead atoms. The number of nitrogens with zero attached hydrogens (tertiary/aromatic N) is 3. The number of hydrogen-bond donors (Lipinski definition) is 0. The lowest BCUT2D eigenvalue weighted by Crippen LogP contribution is -2.44. The van der Waals surface area contributed by atoms with Crippen LogP contribution >= 0.6 is 11.6 Å². The highest BCUT2D eigenvalue weighted by atomic mass is 35.5. The van der Waals surface area contributed by atoms with E-state index in [4.69, 9.17) is 25.8 Å². The Kier molecular flexibility index (Phi) is 8.89. The average Bonchev–Trinajstić information content (AvgIpc) is 3.57. The molecule has 0 N–H and O–H groups in total. The van der Waals surface area contributed by atoms with Crippen molar-refractivity contribution in [1.82, 2.24) is 14.8 Å². The molecule has 0 unspecified atom stereocenters. The van der Waals surface area contributed by atoms with Gasteiger partial charge in [-0.15, -0.1) is 0 Å². The molecule has 2 aliphatic rings. The van der Waals surface area contributed by atoms with Crippen molar-refractivity contribution in [3.8, 4) is 23.0 Å². The van der Waals surface area contributed by atoms with Gasteiger partial charge in [-0.1, -0.05) is 41.9 Å². The molecule has 8 heteroatoms. The maximum Gasteiger partial charge on any atom is 0.196 e. The smallest absolute Gasteiger partial charge is 0.196 e. The summed E-state index contributed by atoms with van der Waals surface area (Å²) in [5.41, 5.74) is 1.65. The lowest BCUT2D eigenvalue weighted by atomic mass is 10.0. The molecule has 2 aliphatic heterocycles. The van der Waals surface area contributed by atoms with E-state index in [2.05, 4.69) is 14.8 Å². The minimum absolute atomic E-state index is 0.167. The fraction of sp³-hybridized carbons (Fsp3) is 0.353. The van der Waals surface area contributed by atoms with Crippen molar-refractivity contribution in [2.45, 2.75) is 31.7 Å². The van der Waals surface area contributed by atoms with E-state index in [0.29, 0.717) is 51.3 Å². The first-order valence-electron chi connectivity index (χ1n) is 14.7. The molecule has 6 rings (SSSR count). The van der Waals surface area contributed by atoms with Gasteiger partial charge in [0.1, 0.15) is 18.1 Å². The second-order valence-corrected chi connectivity index (χ2v) is 11.4. The number of carbonyl (C=O) groups is 1. The molecule has 0 radical (unpaired) electrons. The Morgan fingerprint density at radius 3 is 2.45 bits per heavy atom. The summed E-state index contributed by atoms with van der Waals surface area (Å²) < 4.78 is 18.3. The Balaban J connectivity index is 1.16. The van der Waals surface area contributed by atoms with Gasteiger partial charge in [0.15, 0.2) is 17.3 Å². The average molecular weight is 586 g/mol. The topological polar surface area (TPSA) is 64.1 Å². The number of ether oxygens (including phenoxy) is 3. The van der Waals surface area contributed by atoms with Gasteiger partial charge in [0, 0.05) is 40.8 Å². The molecule has 0 saturated carbocycles. The van der Waals surface area contributed by atoms with Crippen molar-refractivity contribution < 1.29 is 19.0 Å². The van der Waals surface area contributed by atoms with Gasteiger partial charge in [-0.05, 0) is 82.2 Å². The van der Waals surface area contributed by atoms with Crippen LogP contribution in [0.5, 0.6) is 23.0 Å². The summed E-state index contributed by atoms with van der Waals surface area (Å²) >= 11 is 6.27. The van der Waals surface area contributed by atoms with Crippen LogP contribution in [0.4, 0.5) is 0 Å². The number of fused-ring (bicyclic) bond motifs is 1. The molecule has 7 nitrogen and oxygen atoms in total. The Labute approximate surface area is 252 Å². The van der Waals surface area contributed by atoms with Crippen LogP contribution in [0.2, 0.25) is 5.02 Å². The molecule has 2 saturated heterocycles. The minimum Gasteiger partial charge on any atom is -0.493 e. The molecule has 0 amide bonds. The highest BCUT2D eigenvalue weighted by molar-refractivity contribution is 6.31. The van der Waals surface area contributed by atoms with Gasteiger partial charge in [0.05, 0.1) is 18.2 Å². The largest absolute Gasteiger partial charge is 0.493 e. The predicted octanol–water partition coefficient (Wildman–Crippen LogP) is 6.86. The number of halogens is 1. The van der Waals surface area contributed by atoms with Crippen LogP contribution in [0.25, 0.3) is 10.9 Å². The summed E-state index contributed by atoms with van der Waals surface area (Å²) in [6, 6.07) is 20.4. The summed E-state index contributed by atoms with van der Waals surface area (Å²) in [6.07, 6.45) is 6.85. The van der Waals surface area contributed by atoms with Crippen LogP contribution in [0.1, 0.15) is 41.6 Å². The van der Waals surface area contributed by atoms with E-state index in [1.807, 2.05) is 30.3 Å². The molecule has 1 aromatic heterocycles.